The van der Waals surface area contributed by atoms with Crippen LogP contribution in [0.3, 0.4) is 0 Å². The molecular formula is C10H12BrF3N2O2S. The van der Waals surface area contributed by atoms with Gasteiger partial charge in [0.2, 0.25) is 10.0 Å². The molecule has 1 heterocycles. The molecule has 0 aromatic carbocycles. The first-order chi connectivity index (χ1) is 8.65. The number of hydrogen-bond acceptors (Lipinski definition) is 3. The maximum Gasteiger partial charge on any atom is 0.395 e. The normalized spacial score (nSPS) is 14.4. The van der Waals surface area contributed by atoms with E-state index in [0.717, 1.165) is 6.20 Å². The summed E-state index contributed by atoms with van der Waals surface area (Å²) in [5, 5.41) is 0. The molecule has 0 aliphatic rings. The van der Waals surface area contributed by atoms with Crippen LogP contribution in [0.2, 0.25) is 0 Å². The highest BCUT2D eigenvalue weighted by Crippen LogP contribution is 2.37. The van der Waals surface area contributed by atoms with Crippen LogP contribution in [0.5, 0.6) is 0 Å². The van der Waals surface area contributed by atoms with Crippen molar-refractivity contribution >= 4 is 26.0 Å². The van der Waals surface area contributed by atoms with Gasteiger partial charge in [-0.3, -0.25) is 0 Å². The lowest BCUT2D eigenvalue weighted by atomic mass is 9.98. The molecule has 0 saturated heterocycles. The van der Waals surface area contributed by atoms with Crippen LogP contribution in [-0.4, -0.2) is 32.4 Å². The van der Waals surface area contributed by atoms with Crippen LogP contribution >= 0.6 is 15.9 Å². The van der Waals surface area contributed by atoms with E-state index in [0.29, 0.717) is 4.60 Å². The lowest BCUT2D eigenvalue weighted by Crippen LogP contribution is -2.27. The van der Waals surface area contributed by atoms with Gasteiger partial charge in [-0.15, -0.1) is 0 Å². The largest absolute Gasteiger partial charge is 0.395 e. The van der Waals surface area contributed by atoms with Gasteiger partial charge in [-0.25, -0.2) is 18.1 Å². The minimum Gasteiger partial charge on any atom is -0.249 e. The van der Waals surface area contributed by atoms with Crippen LogP contribution in [0.25, 0.3) is 0 Å². The molecule has 0 amide bonds. The van der Waals surface area contributed by atoms with Crippen molar-refractivity contribution in [2.45, 2.75) is 18.5 Å². The smallest absolute Gasteiger partial charge is 0.249 e. The maximum atomic E-state index is 12.9. The van der Waals surface area contributed by atoms with Gasteiger partial charge in [-0.05, 0) is 41.0 Å². The fourth-order valence-electron chi connectivity index (χ4n) is 1.49. The summed E-state index contributed by atoms with van der Waals surface area (Å²) in [7, 11) is -2.50. The molecule has 4 nitrogen and oxygen atoms in total. The van der Waals surface area contributed by atoms with Crippen LogP contribution < -0.4 is 4.72 Å². The number of pyridine rings is 1. The Hall–Kier alpha value is -0.670. The lowest BCUT2D eigenvalue weighted by Gasteiger charge is -2.20. The number of sulfonamides is 1. The molecule has 108 valence electrons. The highest BCUT2D eigenvalue weighted by atomic mass is 79.9. The molecule has 1 aromatic heterocycles. The first kappa shape index (κ1) is 16.4. The standard InChI is InChI=1S/C10H12BrF3N2O2S/c1-15-19(17,18)5-4-8(10(12,13)14)7-2-3-9(11)16-6-7/h2-3,6,8,15H,4-5H2,1H3. The van der Waals surface area contributed by atoms with Crippen LogP contribution in [0.1, 0.15) is 17.9 Å². The first-order valence-corrected chi connectivity index (χ1v) is 7.69. The quantitative estimate of drug-likeness (QED) is 0.820. The summed E-state index contributed by atoms with van der Waals surface area (Å²) in [5.41, 5.74) is -0.0537. The summed E-state index contributed by atoms with van der Waals surface area (Å²) in [6, 6.07) is 2.67. The predicted octanol–water partition coefficient (Wildman–Crippen LogP) is 2.43. The van der Waals surface area contributed by atoms with Crippen molar-refractivity contribution in [3.8, 4) is 0 Å². The van der Waals surface area contributed by atoms with Gasteiger partial charge >= 0.3 is 6.18 Å². The second-order valence-electron chi connectivity index (χ2n) is 3.82. The molecule has 1 N–H and O–H groups in total. The number of rotatable bonds is 5. The van der Waals surface area contributed by atoms with Gasteiger partial charge in [0.05, 0.1) is 11.7 Å². The van der Waals surface area contributed by atoms with E-state index >= 15 is 0 Å². The van der Waals surface area contributed by atoms with Crippen molar-refractivity contribution in [1.29, 1.82) is 0 Å². The summed E-state index contributed by atoms with van der Waals surface area (Å²) < 4.78 is 63.6. The number of aromatic nitrogens is 1. The van der Waals surface area contributed by atoms with E-state index in [2.05, 4.69) is 20.9 Å². The number of nitrogens with zero attached hydrogens (tertiary/aromatic N) is 1. The molecule has 0 fully saturated rings. The number of alkyl halides is 3. The molecule has 0 spiro atoms. The van der Waals surface area contributed by atoms with Crippen molar-refractivity contribution in [3.05, 3.63) is 28.5 Å². The molecule has 1 rings (SSSR count). The molecule has 1 atom stereocenters. The Kier molecular flexibility index (Phi) is 5.34. The van der Waals surface area contributed by atoms with Gasteiger partial charge in [-0.1, -0.05) is 6.07 Å². The summed E-state index contributed by atoms with van der Waals surface area (Å²) >= 11 is 3.03. The molecule has 9 heteroatoms. The van der Waals surface area contributed by atoms with Crippen LogP contribution in [-0.2, 0) is 10.0 Å². The van der Waals surface area contributed by atoms with Gasteiger partial charge in [0.1, 0.15) is 4.60 Å². The Morgan fingerprint density at radius 1 is 1.42 bits per heavy atom. The average Bonchev–Trinajstić information content (AvgIpc) is 2.30. The predicted molar refractivity (Wildman–Crippen MR) is 68.2 cm³/mol. The zero-order valence-electron chi connectivity index (χ0n) is 9.91. The molecule has 0 aliphatic heterocycles. The number of nitrogens with one attached hydrogen (secondary N) is 1. The van der Waals surface area contributed by atoms with E-state index in [1.165, 1.54) is 19.2 Å². The van der Waals surface area contributed by atoms with Gasteiger partial charge < -0.3 is 0 Å². The first-order valence-electron chi connectivity index (χ1n) is 5.25. The Morgan fingerprint density at radius 2 is 2.05 bits per heavy atom. The zero-order valence-corrected chi connectivity index (χ0v) is 12.3. The molecule has 0 saturated carbocycles. The van der Waals surface area contributed by atoms with Crippen LogP contribution in [0.15, 0.2) is 22.9 Å². The summed E-state index contributed by atoms with van der Waals surface area (Å²) in [5.74, 6) is -2.44. The molecule has 0 radical (unpaired) electrons. The molecule has 1 aromatic rings. The highest BCUT2D eigenvalue weighted by Gasteiger charge is 2.41. The van der Waals surface area contributed by atoms with Crippen molar-refractivity contribution in [2.75, 3.05) is 12.8 Å². The Balaban J connectivity index is 2.94. The third kappa shape index (κ3) is 5.07. The summed E-state index contributed by atoms with van der Waals surface area (Å²) in [4.78, 5) is 3.73. The monoisotopic (exact) mass is 360 g/mol. The van der Waals surface area contributed by atoms with E-state index in [1.54, 1.807) is 0 Å². The summed E-state index contributed by atoms with van der Waals surface area (Å²) in [6.45, 7) is 0. The van der Waals surface area contributed by atoms with Gasteiger partial charge in [-0.2, -0.15) is 13.2 Å². The molecule has 1 unspecified atom stereocenters. The van der Waals surface area contributed by atoms with Gasteiger partial charge in [0.15, 0.2) is 0 Å². The minimum absolute atomic E-state index is 0.0537. The Labute approximate surface area is 117 Å². The second kappa shape index (κ2) is 6.19. The van der Waals surface area contributed by atoms with Crippen molar-refractivity contribution in [3.63, 3.8) is 0 Å². The average molecular weight is 361 g/mol. The van der Waals surface area contributed by atoms with E-state index in [-0.39, 0.29) is 5.56 Å². The van der Waals surface area contributed by atoms with Gasteiger partial charge in [0, 0.05) is 6.20 Å². The molecule has 0 bridgehead atoms. The SMILES string of the molecule is CNS(=O)(=O)CCC(c1ccc(Br)nc1)C(F)(F)F. The fourth-order valence-corrected chi connectivity index (χ4v) is 2.47. The number of hydrogen-bond donors (Lipinski definition) is 1. The molecule has 19 heavy (non-hydrogen) atoms. The van der Waals surface area contributed by atoms with E-state index < -0.39 is 34.3 Å². The Bertz CT molecular complexity index is 517. The van der Waals surface area contributed by atoms with Crippen LogP contribution in [0.4, 0.5) is 13.2 Å². The van der Waals surface area contributed by atoms with E-state index in [1.807, 2.05) is 4.72 Å². The lowest BCUT2D eigenvalue weighted by molar-refractivity contribution is -0.150. The second-order valence-corrected chi connectivity index (χ2v) is 6.68. The number of halogens is 4. The molecule has 0 aliphatic carbocycles. The summed E-state index contributed by atoms with van der Waals surface area (Å²) in [6.07, 6.45) is -3.97. The van der Waals surface area contributed by atoms with Crippen molar-refractivity contribution in [2.24, 2.45) is 0 Å². The minimum atomic E-state index is -4.52. The van der Waals surface area contributed by atoms with Crippen molar-refractivity contribution in [1.82, 2.24) is 9.71 Å². The maximum absolute atomic E-state index is 12.9. The Morgan fingerprint density at radius 3 is 2.47 bits per heavy atom. The molecular weight excluding hydrogens is 349 g/mol. The third-order valence-corrected chi connectivity index (χ3v) is 4.40. The van der Waals surface area contributed by atoms with Crippen LogP contribution in [0, 0.1) is 0 Å². The topological polar surface area (TPSA) is 59.1 Å². The zero-order chi connectivity index (χ0) is 14.7. The van der Waals surface area contributed by atoms with E-state index in [9.17, 15) is 21.6 Å². The van der Waals surface area contributed by atoms with E-state index in [4.69, 9.17) is 0 Å². The highest BCUT2D eigenvalue weighted by molar-refractivity contribution is 9.10. The van der Waals surface area contributed by atoms with Gasteiger partial charge in [0.25, 0.3) is 0 Å². The van der Waals surface area contributed by atoms with Crippen molar-refractivity contribution < 1.29 is 21.6 Å². The third-order valence-electron chi connectivity index (χ3n) is 2.53. The fraction of sp³-hybridized carbons (Fsp3) is 0.500.